The molecule has 1 atom stereocenters. The van der Waals surface area contributed by atoms with Crippen LogP contribution < -0.4 is 5.32 Å². The van der Waals surface area contributed by atoms with Crippen LogP contribution in [0, 0.1) is 10.5 Å². The van der Waals surface area contributed by atoms with Gasteiger partial charge in [-0.2, -0.15) is 0 Å². The van der Waals surface area contributed by atoms with Crippen molar-refractivity contribution in [1.82, 2.24) is 5.32 Å². The third-order valence-electron chi connectivity index (χ3n) is 3.66. The maximum absolute atomic E-state index is 3.50. The van der Waals surface area contributed by atoms with Gasteiger partial charge in [0.25, 0.3) is 0 Å². The number of benzene rings is 2. The van der Waals surface area contributed by atoms with Gasteiger partial charge in [0.1, 0.15) is 0 Å². The second-order valence-corrected chi connectivity index (χ2v) is 6.44. The van der Waals surface area contributed by atoms with E-state index in [1.165, 1.54) is 20.3 Å². The lowest BCUT2D eigenvalue weighted by Crippen LogP contribution is -2.23. The summed E-state index contributed by atoms with van der Waals surface area (Å²) in [5, 5.41) is 3.50. The maximum Gasteiger partial charge on any atom is 0.0130 e. The Kier molecular flexibility index (Phi) is 6.05. The van der Waals surface area contributed by atoms with Gasteiger partial charge in [-0.15, -0.1) is 0 Å². The third-order valence-corrected chi connectivity index (χ3v) is 4.38. The molecule has 2 heteroatoms. The lowest BCUT2D eigenvalue weighted by atomic mass is 9.89. The van der Waals surface area contributed by atoms with Crippen LogP contribution >= 0.6 is 22.6 Å². The van der Waals surface area contributed by atoms with Crippen molar-refractivity contribution in [3.05, 3.63) is 68.8 Å². The predicted octanol–water partition coefficient (Wildman–Crippen LogP) is 4.54. The van der Waals surface area contributed by atoms with Crippen LogP contribution in [-0.4, -0.2) is 13.1 Å². The van der Waals surface area contributed by atoms with Crippen molar-refractivity contribution >= 4 is 22.6 Å². The fraction of sp³-hybridized carbons (Fsp3) is 0.333. The van der Waals surface area contributed by atoms with Gasteiger partial charge >= 0.3 is 0 Å². The highest BCUT2D eigenvalue weighted by atomic mass is 127. The first-order chi connectivity index (χ1) is 9.70. The number of rotatable bonds is 6. The molecule has 0 aliphatic rings. The number of hydrogen-bond donors (Lipinski definition) is 1. The first kappa shape index (κ1) is 15.5. The summed E-state index contributed by atoms with van der Waals surface area (Å²) in [7, 11) is 0. The molecule has 0 fully saturated rings. The van der Waals surface area contributed by atoms with E-state index >= 15 is 0 Å². The summed E-state index contributed by atoms with van der Waals surface area (Å²) in [6.07, 6.45) is 1.09. The first-order valence-electron chi connectivity index (χ1n) is 7.21. The fourth-order valence-corrected chi connectivity index (χ4v) is 2.92. The summed E-state index contributed by atoms with van der Waals surface area (Å²) in [5.74, 6) is 0.538. The third kappa shape index (κ3) is 4.32. The molecule has 1 unspecified atom stereocenters. The van der Waals surface area contributed by atoms with E-state index in [1.54, 1.807) is 0 Å². The molecule has 1 nitrogen and oxygen atoms in total. The Bertz CT molecular complexity index is 533. The molecule has 0 bridgehead atoms. The topological polar surface area (TPSA) is 12.0 Å². The zero-order valence-corrected chi connectivity index (χ0v) is 14.4. The summed E-state index contributed by atoms with van der Waals surface area (Å²) in [4.78, 5) is 0. The monoisotopic (exact) mass is 379 g/mol. The van der Waals surface area contributed by atoms with Crippen LogP contribution in [0.15, 0.2) is 48.5 Å². The minimum atomic E-state index is 0.538. The maximum atomic E-state index is 3.50. The lowest BCUT2D eigenvalue weighted by Gasteiger charge is -2.20. The van der Waals surface area contributed by atoms with Crippen molar-refractivity contribution in [2.24, 2.45) is 0 Å². The van der Waals surface area contributed by atoms with Gasteiger partial charge in [0, 0.05) is 16.0 Å². The Balaban J connectivity index is 2.19. The molecule has 20 heavy (non-hydrogen) atoms. The molecule has 0 radical (unpaired) electrons. The summed E-state index contributed by atoms with van der Waals surface area (Å²) < 4.78 is 1.30. The van der Waals surface area contributed by atoms with Crippen LogP contribution in [0.25, 0.3) is 0 Å². The number of aryl methyl sites for hydroxylation is 1. The molecule has 0 amide bonds. The summed E-state index contributed by atoms with van der Waals surface area (Å²) in [5.41, 5.74) is 4.27. The minimum absolute atomic E-state index is 0.538. The number of nitrogens with one attached hydrogen (secondary N) is 1. The van der Waals surface area contributed by atoms with Crippen LogP contribution in [0.5, 0.6) is 0 Å². The van der Waals surface area contributed by atoms with Gasteiger partial charge in [0.15, 0.2) is 0 Å². The van der Waals surface area contributed by atoms with Crippen LogP contribution in [0.2, 0.25) is 0 Å². The molecule has 2 aromatic rings. The van der Waals surface area contributed by atoms with E-state index in [4.69, 9.17) is 0 Å². The average molecular weight is 379 g/mol. The molecule has 0 saturated heterocycles. The smallest absolute Gasteiger partial charge is 0.0130 e. The quantitative estimate of drug-likeness (QED) is 0.727. The highest BCUT2D eigenvalue weighted by Gasteiger charge is 2.13. The molecular formula is C18H22IN. The number of likely N-dealkylation sites (N-methyl/N-ethyl adjacent to an activating group) is 1. The van der Waals surface area contributed by atoms with E-state index in [1.807, 2.05) is 0 Å². The van der Waals surface area contributed by atoms with Crippen LogP contribution in [-0.2, 0) is 6.42 Å². The van der Waals surface area contributed by atoms with E-state index < -0.39 is 0 Å². The summed E-state index contributed by atoms with van der Waals surface area (Å²) in [6, 6.07) is 17.6. The standard InChI is InChI=1S/C18H22IN/c1-3-20-13-16(18-7-5-4-6-14(18)2)12-15-8-10-17(19)11-9-15/h4-11,16,20H,3,12-13H2,1-2H3. The molecule has 0 heterocycles. The Morgan fingerprint density at radius 3 is 2.40 bits per heavy atom. The van der Waals surface area contributed by atoms with Crippen LogP contribution in [0.1, 0.15) is 29.5 Å². The van der Waals surface area contributed by atoms with Gasteiger partial charge < -0.3 is 5.32 Å². The molecule has 0 aliphatic heterocycles. The van der Waals surface area contributed by atoms with Crippen molar-refractivity contribution in [2.75, 3.05) is 13.1 Å². The van der Waals surface area contributed by atoms with Crippen molar-refractivity contribution in [3.63, 3.8) is 0 Å². The van der Waals surface area contributed by atoms with Gasteiger partial charge in [0.05, 0.1) is 0 Å². The Labute approximate surface area is 135 Å². The molecular weight excluding hydrogens is 357 g/mol. The van der Waals surface area contributed by atoms with E-state index in [0.717, 1.165) is 19.5 Å². The second-order valence-electron chi connectivity index (χ2n) is 5.19. The van der Waals surface area contributed by atoms with Crippen molar-refractivity contribution in [2.45, 2.75) is 26.2 Å². The zero-order chi connectivity index (χ0) is 14.4. The SMILES string of the molecule is CCNCC(Cc1ccc(I)cc1)c1ccccc1C. The molecule has 0 spiro atoms. The second kappa shape index (κ2) is 7.79. The van der Waals surface area contributed by atoms with Gasteiger partial charge in [-0.3, -0.25) is 0 Å². The van der Waals surface area contributed by atoms with Crippen molar-refractivity contribution in [1.29, 1.82) is 0 Å². The Morgan fingerprint density at radius 1 is 1.05 bits per heavy atom. The highest BCUT2D eigenvalue weighted by molar-refractivity contribution is 14.1. The normalized spacial score (nSPS) is 12.3. The van der Waals surface area contributed by atoms with Crippen molar-refractivity contribution < 1.29 is 0 Å². The molecule has 2 aromatic carbocycles. The summed E-state index contributed by atoms with van der Waals surface area (Å²) >= 11 is 2.36. The molecule has 0 aliphatic carbocycles. The molecule has 106 valence electrons. The first-order valence-corrected chi connectivity index (χ1v) is 8.29. The minimum Gasteiger partial charge on any atom is -0.316 e. The predicted molar refractivity (Wildman–Crippen MR) is 95.3 cm³/mol. The van der Waals surface area contributed by atoms with Crippen molar-refractivity contribution in [3.8, 4) is 0 Å². The van der Waals surface area contributed by atoms with E-state index in [2.05, 4.69) is 90.3 Å². The lowest BCUT2D eigenvalue weighted by molar-refractivity contribution is 0.592. The number of hydrogen-bond acceptors (Lipinski definition) is 1. The van der Waals surface area contributed by atoms with Crippen LogP contribution in [0.4, 0.5) is 0 Å². The molecule has 0 aromatic heterocycles. The van der Waals surface area contributed by atoms with E-state index in [-0.39, 0.29) is 0 Å². The fourth-order valence-electron chi connectivity index (χ4n) is 2.56. The van der Waals surface area contributed by atoms with Gasteiger partial charge in [-0.1, -0.05) is 43.3 Å². The Hall–Kier alpha value is -0.870. The average Bonchev–Trinajstić information content (AvgIpc) is 2.46. The largest absolute Gasteiger partial charge is 0.316 e. The zero-order valence-electron chi connectivity index (χ0n) is 12.2. The molecule has 1 N–H and O–H groups in total. The molecule has 2 rings (SSSR count). The molecule has 0 saturated carbocycles. The number of halogens is 1. The van der Waals surface area contributed by atoms with E-state index in [9.17, 15) is 0 Å². The van der Waals surface area contributed by atoms with Gasteiger partial charge in [0.2, 0.25) is 0 Å². The Morgan fingerprint density at radius 2 is 1.75 bits per heavy atom. The van der Waals surface area contributed by atoms with Gasteiger partial charge in [-0.05, 0) is 71.3 Å². The summed E-state index contributed by atoms with van der Waals surface area (Å²) in [6.45, 7) is 6.43. The van der Waals surface area contributed by atoms with Gasteiger partial charge in [-0.25, -0.2) is 0 Å². The highest BCUT2D eigenvalue weighted by Crippen LogP contribution is 2.24. The van der Waals surface area contributed by atoms with E-state index in [0.29, 0.717) is 5.92 Å². The van der Waals surface area contributed by atoms with Crippen LogP contribution in [0.3, 0.4) is 0 Å².